The SMILES string of the molecule is CC(C)COc1ccc(Br)cc1C(=O)Nc1ccc(NC(=O)C(C)Oc2ccccc2Cl)cc1. The average Bonchev–Trinajstić information content (AvgIpc) is 2.80. The standard InChI is InChI=1S/C26H26BrClN2O4/c1-16(2)15-33-23-13-8-18(27)14-21(23)26(32)30-20-11-9-19(10-12-20)29-25(31)17(3)34-24-7-5-4-6-22(24)28/h4-14,16-17H,15H2,1-3H3,(H,29,31)(H,30,32). The number of rotatable bonds is 9. The van der Waals surface area contributed by atoms with Crippen molar-refractivity contribution in [3.8, 4) is 11.5 Å². The van der Waals surface area contributed by atoms with E-state index >= 15 is 0 Å². The number of hydrogen-bond donors (Lipinski definition) is 2. The van der Waals surface area contributed by atoms with E-state index in [0.29, 0.717) is 46.0 Å². The van der Waals surface area contributed by atoms with Crippen molar-refractivity contribution in [1.29, 1.82) is 0 Å². The Labute approximate surface area is 212 Å². The molecule has 2 amide bonds. The third-order valence-corrected chi connectivity index (χ3v) is 5.48. The molecule has 0 aliphatic carbocycles. The third-order valence-electron chi connectivity index (χ3n) is 4.68. The van der Waals surface area contributed by atoms with E-state index < -0.39 is 6.10 Å². The average molecular weight is 546 g/mol. The zero-order valence-corrected chi connectivity index (χ0v) is 21.4. The summed E-state index contributed by atoms with van der Waals surface area (Å²) in [6.07, 6.45) is -0.750. The monoisotopic (exact) mass is 544 g/mol. The number of amides is 2. The minimum atomic E-state index is -0.750. The van der Waals surface area contributed by atoms with E-state index in [9.17, 15) is 9.59 Å². The van der Waals surface area contributed by atoms with Crippen LogP contribution in [0.2, 0.25) is 5.02 Å². The maximum absolute atomic E-state index is 12.9. The van der Waals surface area contributed by atoms with Gasteiger partial charge in [-0.05, 0) is 67.4 Å². The fourth-order valence-electron chi connectivity index (χ4n) is 2.93. The highest BCUT2D eigenvalue weighted by Gasteiger charge is 2.17. The fourth-order valence-corrected chi connectivity index (χ4v) is 3.47. The minimum Gasteiger partial charge on any atom is -0.492 e. The molecule has 0 aliphatic rings. The van der Waals surface area contributed by atoms with Crippen molar-refractivity contribution < 1.29 is 19.1 Å². The lowest BCUT2D eigenvalue weighted by Crippen LogP contribution is -2.30. The van der Waals surface area contributed by atoms with Gasteiger partial charge in [0.25, 0.3) is 11.8 Å². The number of benzene rings is 3. The van der Waals surface area contributed by atoms with E-state index in [-0.39, 0.29) is 11.8 Å². The molecule has 0 radical (unpaired) electrons. The van der Waals surface area contributed by atoms with Crippen molar-refractivity contribution >= 4 is 50.7 Å². The number of halogens is 2. The van der Waals surface area contributed by atoms with Crippen LogP contribution in [-0.2, 0) is 4.79 Å². The molecule has 3 rings (SSSR count). The van der Waals surface area contributed by atoms with Gasteiger partial charge in [-0.3, -0.25) is 9.59 Å². The molecule has 0 bridgehead atoms. The van der Waals surface area contributed by atoms with Gasteiger partial charge >= 0.3 is 0 Å². The molecule has 3 aromatic carbocycles. The summed E-state index contributed by atoms with van der Waals surface area (Å²) in [6.45, 7) is 6.24. The lowest BCUT2D eigenvalue weighted by Gasteiger charge is -2.16. The first-order valence-corrected chi connectivity index (χ1v) is 12.0. The summed E-state index contributed by atoms with van der Waals surface area (Å²) in [5.74, 6) is 0.677. The molecule has 0 fully saturated rings. The number of anilines is 2. The summed E-state index contributed by atoms with van der Waals surface area (Å²) in [7, 11) is 0. The largest absolute Gasteiger partial charge is 0.492 e. The number of carbonyl (C=O) groups is 2. The van der Waals surface area contributed by atoms with Crippen LogP contribution in [0.3, 0.4) is 0 Å². The Hall–Kier alpha value is -3.03. The van der Waals surface area contributed by atoms with E-state index in [1.807, 2.05) is 19.9 Å². The van der Waals surface area contributed by atoms with Crippen LogP contribution in [0.25, 0.3) is 0 Å². The van der Waals surface area contributed by atoms with E-state index in [4.69, 9.17) is 21.1 Å². The first-order valence-electron chi connectivity index (χ1n) is 10.8. The summed E-state index contributed by atoms with van der Waals surface area (Å²) in [4.78, 5) is 25.4. The van der Waals surface area contributed by atoms with Gasteiger partial charge in [-0.2, -0.15) is 0 Å². The highest BCUT2D eigenvalue weighted by Crippen LogP contribution is 2.26. The maximum atomic E-state index is 12.9. The molecule has 0 saturated heterocycles. The van der Waals surface area contributed by atoms with Gasteiger partial charge in [0.2, 0.25) is 0 Å². The topological polar surface area (TPSA) is 76.7 Å². The Balaban J connectivity index is 1.61. The number of nitrogens with one attached hydrogen (secondary N) is 2. The highest BCUT2D eigenvalue weighted by atomic mass is 79.9. The van der Waals surface area contributed by atoms with Crippen LogP contribution in [0.1, 0.15) is 31.1 Å². The smallest absolute Gasteiger partial charge is 0.265 e. The molecule has 2 N–H and O–H groups in total. The van der Waals surface area contributed by atoms with E-state index in [1.54, 1.807) is 67.6 Å². The van der Waals surface area contributed by atoms with Crippen LogP contribution < -0.4 is 20.1 Å². The summed E-state index contributed by atoms with van der Waals surface area (Å²) in [6, 6.07) is 19.1. The molecular formula is C26H26BrClN2O4. The summed E-state index contributed by atoms with van der Waals surface area (Å²) in [5.41, 5.74) is 1.58. The quantitative estimate of drug-likeness (QED) is 0.310. The summed E-state index contributed by atoms with van der Waals surface area (Å²) < 4.78 is 12.2. The van der Waals surface area contributed by atoms with Gasteiger partial charge in [-0.25, -0.2) is 0 Å². The maximum Gasteiger partial charge on any atom is 0.265 e. The first-order chi connectivity index (χ1) is 16.2. The van der Waals surface area contributed by atoms with Gasteiger partial charge in [0.1, 0.15) is 11.5 Å². The van der Waals surface area contributed by atoms with Gasteiger partial charge in [0.15, 0.2) is 6.10 Å². The molecule has 0 heterocycles. The van der Waals surface area contributed by atoms with Crippen LogP contribution >= 0.6 is 27.5 Å². The zero-order valence-electron chi connectivity index (χ0n) is 19.1. The van der Waals surface area contributed by atoms with Crippen molar-refractivity contribution in [3.63, 3.8) is 0 Å². The molecule has 8 heteroatoms. The number of hydrogen-bond acceptors (Lipinski definition) is 4. The molecule has 0 aliphatic heterocycles. The van der Waals surface area contributed by atoms with Crippen molar-refractivity contribution in [1.82, 2.24) is 0 Å². The number of para-hydroxylation sites is 1. The van der Waals surface area contributed by atoms with E-state index in [1.165, 1.54) is 0 Å². The van der Waals surface area contributed by atoms with Crippen molar-refractivity contribution in [2.75, 3.05) is 17.2 Å². The second kappa shape index (κ2) is 11.9. The Morgan fingerprint density at radius 3 is 2.21 bits per heavy atom. The van der Waals surface area contributed by atoms with Gasteiger partial charge in [0, 0.05) is 15.8 Å². The second-order valence-corrected chi connectivity index (χ2v) is 9.38. The van der Waals surface area contributed by atoms with Crippen molar-refractivity contribution in [2.45, 2.75) is 26.9 Å². The second-order valence-electron chi connectivity index (χ2n) is 8.06. The molecule has 1 unspecified atom stereocenters. The predicted molar refractivity (Wildman–Crippen MR) is 139 cm³/mol. The normalized spacial score (nSPS) is 11.6. The molecular weight excluding hydrogens is 520 g/mol. The number of ether oxygens (including phenoxy) is 2. The molecule has 0 spiro atoms. The molecule has 6 nitrogen and oxygen atoms in total. The van der Waals surface area contributed by atoms with E-state index in [0.717, 1.165) is 4.47 Å². The molecule has 178 valence electrons. The van der Waals surface area contributed by atoms with E-state index in [2.05, 4.69) is 26.6 Å². The molecule has 1 atom stereocenters. The zero-order chi connectivity index (χ0) is 24.7. The van der Waals surface area contributed by atoms with Crippen LogP contribution in [0.15, 0.2) is 71.2 Å². The van der Waals surface area contributed by atoms with Gasteiger partial charge < -0.3 is 20.1 Å². The Morgan fingerprint density at radius 1 is 0.912 bits per heavy atom. The lowest BCUT2D eigenvalue weighted by atomic mass is 10.1. The number of carbonyl (C=O) groups excluding carboxylic acids is 2. The summed E-state index contributed by atoms with van der Waals surface area (Å²) >= 11 is 9.49. The van der Waals surface area contributed by atoms with Crippen molar-refractivity contribution in [3.05, 3.63) is 81.8 Å². The first kappa shape index (κ1) is 25.6. The Morgan fingerprint density at radius 2 is 1.56 bits per heavy atom. The third kappa shape index (κ3) is 7.23. The minimum absolute atomic E-state index is 0.293. The van der Waals surface area contributed by atoms with Gasteiger partial charge in [-0.15, -0.1) is 0 Å². The molecule has 34 heavy (non-hydrogen) atoms. The molecule has 0 saturated carbocycles. The molecule has 3 aromatic rings. The van der Waals surface area contributed by atoms with Crippen LogP contribution in [0, 0.1) is 5.92 Å². The molecule has 0 aromatic heterocycles. The van der Waals surface area contributed by atoms with Gasteiger partial charge in [0.05, 0.1) is 17.2 Å². The summed E-state index contributed by atoms with van der Waals surface area (Å²) in [5, 5.41) is 6.09. The Bertz CT molecular complexity index is 1150. The lowest BCUT2D eigenvalue weighted by molar-refractivity contribution is -0.122. The van der Waals surface area contributed by atoms with Gasteiger partial charge in [-0.1, -0.05) is 53.5 Å². The van der Waals surface area contributed by atoms with Crippen LogP contribution in [0.5, 0.6) is 11.5 Å². The highest BCUT2D eigenvalue weighted by molar-refractivity contribution is 9.10. The van der Waals surface area contributed by atoms with Crippen LogP contribution in [0.4, 0.5) is 11.4 Å². The van der Waals surface area contributed by atoms with Crippen LogP contribution in [-0.4, -0.2) is 24.5 Å². The van der Waals surface area contributed by atoms with Crippen molar-refractivity contribution in [2.24, 2.45) is 5.92 Å². The Kier molecular flexibility index (Phi) is 8.96. The predicted octanol–water partition coefficient (Wildman–Crippen LogP) is 6.80. The fraction of sp³-hybridized carbons (Fsp3) is 0.231.